The van der Waals surface area contributed by atoms with Crippen molar-refractivity contribution in [2.75, 3.05) is 0 Å². The predicted molar refractivity (Wildman–Crippen MR) is 51.9 cm³/mol. The lowest BCUT2D eigenvalue weighted by molar-refractivity contribution is 0.626. The van der Waals surface area contributed by atoms with Gasteiger partial charge in [-0.1, -0.05) is 0 Å². The third kappa shape index (κ3) is 1.05. The van der Waals surface area contributed by atoms with Gasteiger partial charge < -0.3 is 4.40 Å². The van der Waals surface area contributed by atoms with Gasteiger partial charge >= 0.3 is 0 Å². The molecule has 1 aliphatic carbocycles. The van der Waals surface area contributed by atoms with Crippen LogP contribution in [0.25, 0.3) is 5.65 Å². The molecule has 0 spiro atoms. The number of fused-ring (bicyclic) bond motifs is 1. The van der Waals surface area contributed by atoms with Gasteiger partial charge in [0.25, 0.3) is 0 Å². The number of hydrogen-bond acceptors (Lipinski definition) is 1. The van der Waals surface area contributed by atoms with E-state index in [4.69, 9.17) is 0 Å². The molecule has 0 bridgehead atoms. The maximum atomic E-state index is 12.9. The molecule has 0 aromatic carbocycles. The van der Waals surface area contributed by atoms with Crippen LogP contribution < -0.4 is 0 Å². The maximum Gasteiger partial charge on any atom is 0.140 e. The zero-order valence-corrected chi connectivity index (χ0v) is 8.00. The Bertz CT molecular complexity index is 497. The molecule has 3 rings (SSSR count). The Morgan fingerprint density at radius 3 is 3.00 bits per heavy atom. The van der Waals surface area contributed by atoms with Gasteiger partial charge in [0.15, 0.2) is 0 Å². The van der Waals surface area contributed by atoms with Crippen molar-refractivity contribution in [3.05, 3.63) is 35.5 Å². The molecule has 14 heavy (non-hydrogen) atoms. The second-order valence-electron chi connectivity index (χ2n) is 3.93. The van der Waals surface area contributed by atoms with E-state index in [1.54, 1.807) is 6.20 Å². The Morgan fingerprint density at radius 1 is 1.50 bits per heavy atom. The summed E-state index contributed by atoms with van der Waals surface area (Å²) in [5, 5.41) is 0. The summed E-state index contributed by atoms with van der Waals surface area (Å²) in [6, 6.07) is 2.96. The number of pyridine rings is 1. The summed E-state index contributed by atoms with van der Waals surface area (Å²) in [5.74, 6) is 0.405. The first-order valence-electron chi connectivity index (χ1n) is 4.90. The van der Waals surface area contributed by atoms with Crippen molar-refractivity contribution in [1.82, 2.24) is 9.38 Å². The van der Waals surface area contributed by atoms with Crippen molar-refractivity contribution < 1.29 is 4.39 Å². The van der Waals surface area contributed by atoms with E-state index in [1.165, 1.54) is 25.0 Å². The molecule has 0 saturated heterocycles. The normalized spacial score (nSPS) is 16.4. The molecule has 2 nitrogen and oxygen atoms in total. The van der Waals surface area contributed by atoms with Crippen molar-refractivity contribution >= 4 is 5.65 Å². The molecule has 0 unspecified atom stereocenters. The molecule has 2 aromatic heterocycles. The highest BCUT2D eigenvalue weighted by atomic mass is 19.1. The van der Waals surface area contributed by atoms with Crippen molar-refractivity contribution in [1.29, 1.82) is 0 Å². The summed E-state index contributed by atoms with van der Waals surface area (Å²) >= 11 is 0. The van der Waals surface area contributed by atoms with Crippen molar-refractivity contribution in [3.63, 3.8) is 0 Å². The highest BCUT2D eigenvalue weighted by molar-refractivity contribution is 5.44. The number of hydrogen-bond donors (Lipinski definition) is 0. The van der Waals surface area contributed by atoms with Gasteiger partial charge in [-0.05, 0) is 25.8 Å². The molecule has 0 aliphatic heterocycles. The molecule has 1 saturated carbocycles. The zero-order chi connectivity index (χ0) is 9.71. The van der Waals surface area contributed by atoms with Gasteiger partial charge in [0.2, 0.25) is 0 Å². The molecule has 1 fully saturated rings. The first-order valence-corrected chi connectivity index (χ1v) is 4.90. The lowest BCUT2D eigenvalue weighted by atomic mass is 10.2. The van der Waals surface area contributed by atoms with Crippen LogP contribution in [0, 0.1) is 12.7 Å². The van der Waals surface area contributed by atoms with Crippen LogP contribution in [0.1, 0.15) is 30.1 Å². The van der Waals surface area contributed by atoms with Crippen LogP contribution in [0.15, 0.2) is 18.3 Å². The van der Waals surface area contributed by atoms with E-state index in [-0.39, 0.29) is 5.82 Å². The number of rotatable bonds is 1. The zero-order valence-electron chi connectivity index (χ0n) is 8.00. The second kappa shape index (κ2) is 2.56. The van der Waals surface area contributed by atoms with Crippen LogP contribution >= 0.6 is 0 Å². The van der Waals surface area contributed by atoms with Crippen molar-refractivity contribution in [3.8, 4) is 0 Å². The fraction of sp³-hybridized carbons (Fsp3) is 0.364. The molecular weight excluding hydrogens is 179 g/mol. The summed E-state index contributed by atoms with van der Waals surface area (Å²) in [4.78, 5) is 4.46. The topological polar surface area (TPSA) is 17.3 Å². The van der Waals surface area contributed by atoms with Crippen LogP contribution in [0.2, 0.25) is 0 Å². The van der Waals surface area contributed by atoms with Crippen LogP contribution in [-0.2, 0) is 0 Å². The maximum absolute atomic E-state index is 12.9. The first kappa shape index (κ1) is 7.97. The Balaban J connectivity index is 2.28. The predicted octanol–water partition coefficient (Wildman–Crippen LogP) is 2.66. The molecule has 0 amide bonds. The van der Waals surface area contributed by atoms with Gasteiger partial charge in [-0.15, -0.1) is 0 Å². The number of aromatic nitrogens is 2. The molecule has 2 heterocycles. The standard InChI is InChI=1S/C11H11FN2/c1-7-11(8-2-3-8)13-10-6-9(12)4-5-14(7)10/h4-6,8H,2-3H2,1H3. The Hall–Kier alpha value is -1.38. The quantitative estimate of drug-likeness (QED) is 0.675. The lowest BCUT2D eigenvalue weighted by Gasteiger charge is -1.95. The van der Waals surface area contributed by atoms with E-state index in [1.807, 2.05) is 11.3 Å². The van der Waals surface area contributed by atoms with Crippen molar-refractivity contribution in [2.45, 2.75) is 25.7 Å². The van der Waals surface area contributed by atoms with Gasteiger partial charge in [0.1, 0.15) is 11.5 Å². The van der Waals surface area contributed by atoms with Gasteiger partial charge in [-0.3, -0.25) is 0 Å². The highest BCUT2D eigenvalue weighted by Gasteiger charge is 2.28. The van der Waals surface area contributed by atoms with Gasteiger partial charge in [0.05, 0.1) is 5.69 Å². The summed E-state index contributed by atoms with van der Waals surface area (Å²) < 4.78 is 14.9. The van der Waals surface area contributed by atoms with Crippen LogP contribution in [-0.4, -0.2) is 9.38 Å². The molecule has 0 radical (unpaired) electrons. The molecule has 72 valence electrons. The summed E-state index contributed by atoms with van der Waals surface area (Å²) in [5.41, 5.74) is 3.03. The SMILES string of the molecule is Cc1c(C2CC2)nc2cc(F)ccn12. The minimum atomic E-state index is -0.218. The minimum absolute atomic E-state index is 0.218. The highest BCUT2D eigenvalue weighted by Crippen LogP contribution is 2.41. The monoisotopic (exact) mass is 190 g/mol. The van der Waals surface area contributed by atoms with E-state index in [2.05, 4.69) is 4.98 Å². The average molecular weight is 190 g/mol. The molecule has 0 N–H and O–H groups in total. The van der Waals surface area contributed by atoms with Gasteiger partial charge in [-0.25, -0.2) is 9.37 Å². The largest absolute Gasteiger partial charge is 0.304 e. The summed E-state index contributed by atoms with van der Waals surface area (Å²) in [7, 11) is 0. The van der Waals surface area contributed by atoms with Gasteiger partial charge in [0, 0.05) is 23.9 Å². The van der Waals surface area contributed by atoms with Crippen LogP contribution in [0.3, 0.4) is 0 Å². The van der Waals surface area contributed by atoms with Crippen molar-refractivity contribution in [2.24, 2.45) is 0 Å². The fourth-order valence-electron chi connectivity index (χ4n) is 1.90. The Kier molecular flexibility index (Phi) is 1.46. The molecular formula is C11H11FN2. The summed E-state index contributed by atoms with van der Waals surface area (Å²) in [6.45, 7) is 2.05. The van der Waals surface area contributed by atoms with E-state index < -0.39 is 0 Å². The number of imidazole rings is 1. The van der Waals surface area contributed by atoms with E-state index in [9.17, 15) is 4.39 Å². The van der Waals surface area contributed by atoms with Crippen LogP contribution in [0.4, 0.5) is 4.39 Å². The van der Waals surface area contributed by atoms with E-state index in [0.29, 0.717) is 5.92 Å². The molecule has 2 aromatic rings. The number of halogens is 1. The second-order valence-corrected chi connectivity index (χ2v) is 3.93. The number of nitrogens with zero attached hydrogens (tertiary/aromatic N) is 2. The first-order chi connectivity index (χ1) is 6.75. The molecule has 0 atom stereocenters. The Labute approximate surface area is 81.4 Å². The number of aryl methyl sites for hydroxylation is 1. The Morgan fingerprint density at radius 2 is 2.29 bits per heavy atom. The lowest BCUT2D eigenvalue weighted by Crippen LogP contribution is -1.88. The average Bonchev–Trinajstić information content (AvgIpc) is 2.93. The fourth-order valence-corrected chi connectivity index (χ4v) is 1.90. The third-order valence-electron chi connectivity index (χ3n) is 2.83. The summed E-state index contributed by atoms with van der Waals surface area (Å²) in [6.07, 6.45) is 4.21. The smallest absolute Gasteiger partial charge is 0.140 e. The van der Waals surface area contributed by atoms with E-state index >= 15 is 0 Å². The molecule has 1 aliphatic rings. The van der Waals surface area contributed by atoms with Crippen LogP contribution in [0.5, 0.6) is 0 Å². The van der Waals surface area contributed by atoms with E-state index in [0.717, 1.165) is 17.0 Å². The minimum Gasteiger partial charge on any atom is -0.304 e. The van der Waals surface area contributed by atoms with Gasteiger partial charge in [-0.2, -0.15) is 0 Å². The third-order valence-corrected chi connectivity index (χ3v) is 2.83. The molecule has 3 heteroatoms.